The summed E-state index contributed by atoms with van der Waals surface area (Å²) in [5.41, 5.74) is 0.703. The Bertz CT molecular complexity index is 1070. The molecule has 1 heterocycles. The predicted octanol–water partition coefficient (Wildman–Crippen LogP) is 2.68. The zero-order chi connectivity index (χ0) is 18.0. The largest absolute Gasteiger partial charge is 0.326 e. The lowest BCUT2D eigenvalue weighted by molar-refractivity contribution is -0.116. The molecule has 0 spiro atoms. The third-order valence-electron chi connectivity index (χ3n) is 3.99. The van der Waals surface area contributed by atoms with Crippen LogP contribution in [0.3, 0.4) is 0 Å². The van der Waals surface area contributed by atoms with Gasteiger partial charge in [-0.15, -0.1) is 0 Å². The molecular formula is C18H16ClN3O3. The number of fused-ring (bicyclic) bond motifs is 1. The Morgan fingerprint density at radius 2 is 1.84 bits per heavy atom. The summed E-state index contributed by atoms with van der Waals surface area (Å²) < 4.78 is 1.16. The molecule has 2 aromatic carbocycles. The molecule has 1 aromatic heterocycles. The third-order valence-corrected chi connectivity index (χ3v) is 4.40. The number of amides is 1. The van der Waals surface area contributed by atoms with Crippen molar-refractivity contribution in [2.24, 2.45) is 0 Å². The number of rotatable bonds is 4. The third kappa shape index (κ3) is 3.49. The number of aromatic amines is 1. The van der Waals surface area contributed by atoms with Crippen molar-refractivity contribution in [3.8, 4) is 0 Å². The summed E-state index contributed by atoms with van der Waals surface area (Å²) in [6, 6.07) is 11.8. The van der Waals surface area contributed by atoms with Gasteiger partial charge in [0.1, 0.15) is 0 Å². The van der Waals surface area contributed by atoms with Crippen LogP contribution in [0.15, 0.2) is 52.1 Å². The topological polar surface area (TPSA) is 84.0 Å². The van der Waals surface area contributed by atoms with Gasteiger partial charge < -0.3 is 5.32 Å². The summed E-state index contributed by atoms with van der Waals surface area (Å²) in [5.74, 6) is -0.272. The Labute approximate surface area is 148 Å². The number of nitrogens with zero attached hydrogens (tertiary/aromatic N) is 1. The molecule has 1 amide bonds. The highest BCUT2D eigenvalue weighted by Gasteiger charge is 2.10. The van der Waals surface area contributed by atoms with Crippen LogP contribution >= 0.6 is 11.6 Å². The Kier molecular flexibility index (Phi) is 4.72. The number of halogens is 1. The Morgan fingerprint density at radius 3 is 2.60 bits per heavy atom. The molecule has 0 aliphatic rings. The predicted molar refractivity (Wildman–Crippen MR) is 98.3 cm³/mol. The fourth-order valence-corrected chi connectivity index (χ4v) is 2.75. The smallest absolute Gasteiger partial charge is 0.273 e. The van der Waals surface area contributed by atoms with Crippen LogP contribution in [-0.2, 0) is 11.3 Å². The van der Waals surface area contributed by atoms with E-state index in [2.05, 4.69) is 10.4 Å². The molecule has 0 bridgehead atoms. The molecule has 25 heavy (non-hydrogen) atoms. The van der Waals surface area contributed by atoms with Crippen LogP contribution in [0, 0.1) is 6.92 Å². The molecule has 6 nitrogen and oxygen atoms in total. The van der Waals surface area contributed by atoms with E-state index in [-0.39, 0.29) is 30.0 Å². The summed E-state index contributed by atoms with van der Waals surface area (Å²) in [6.07, 6.45) is 0.0418. The van der Waals surface area contributed by atoms with E-state index < -0.39 is 0 Å². The maximum absolute atomic E-state index is 12.4. The fourth-order valence-electron chi connectivity index (χ4n) is 2.57. The molecule has 0 aliphatic heterocycles. The van der Waals surface area contributed by atoms with E-state index in [9.17, 15) is 14.4 Å². The summed E-state index contributed by atoms with van der Waals surface area (Å²) in [6.45, 7) is 1.88. The summed E-state index contributed by atoms with van der Waals surface area (Å²) in [7, 11) is 0. The molecule has 7 heteroatoms. The standard InChI is InChI=1S/C18H16ClN3O3/c1-11-14(19)7-4-8-15(11)20-16(23)9-10-22-18(25)13-6-3-2-5-12(13)17(24)21-22/h2-8H,9-10H2,1H3,(H,20,23)(H,21,24). The van der Waals surface area contributed by atoms with E-state index in [0.717, 1.165) is 10.2 Å². The number of aryl methyl sites for hydroxylation is 1. The van der Waals surface area contributed by atoms with E-state index in [4.69, 9.17) is 11.6 Å². The monoisotopic (exact) mass is 357 g/mol. The molecular weight excluding hydrogens is 342 g/mol. The van der Waals surface area contributed by atoms with Crippen LogP contribution < -0.4 is 16.4 Å². The summed E-state index contributed by atoms with van der Waals surface area (Å²) in [4.78, 5) is 36.6. The van der Waals surface area contributed by atoms with Crippen molar-refractivity contribution in [2.45, 2.75) is 19.9 Å². The lowest BCUT2D eigenvalue weighted by Gasteiger charge is -2.10. The van der Waals surface area contributed by atoms with Gasteiger partial charge in [0.15, 0.2) is 0 Å². The van der Waals surface area contributed by atoms with Crippen molar-refractivity contribution >= 4 is 34.0 Å². The molecule has 3 aromatic rings. The molecule has 0 saturated carbocycles. The number of H-pyrrole nitrogens is 1. The second-order valence-electron chi connectivity index (χ2n) is 5.65. The summed E-state index contributed by atoms with van der Waals surface area (Å²) >= 11 is 6.03. The molecule has 0 unspecified atom stereocenters. The SMILES string of the molecule is Cc1c(Cl)cccc1NC(=O)CCn1[nH]c(=O)c2ccccc2c1=O. The zero-order valence-corrected chi connectivity index (χ0v) is 14.3. The maximum Gasteiger partial charge on any atom is 0.273 e. The fraction of sp³-hybridized carbons (Fsp3) is 0.167. The Balaban J connectivity index is 1.78. The molecule has 0 atom stereocenters. The van der Waals surface area contributed by atoms with Gasteiger partial charge in [-0.1, -0.05) is 29.8 Å². The second kappa shape index (κ2) is 6.94. The second-order valence-corrected chi connectivity index (χ2v) is 6.06. The van der Waals surface area contributed by atoms with Gasteiger partial charge in [0.05, 0.1) is 17.3 Å². The Hall–Kier alpha value is -2.86. The van der Waals surface area contributed by atoms with E-state index in [1.807, 2.05) is 6.92 Å². The highest BCUT2D eigenvalue weighted by atomic mass is 35.5. The first-order valence-electron chi connectivity index (χ1n) is 7.74. The first-order valence-corrected chi connectivity index (χ1v) is 8.12. The van der Waals surface area contributed by atoms with Crippen LogP contribution in [0.2, 0.25) is 5.02 Å². The van der Waals surface area contributed by atoms with Crippen LogP contribution in [-0.4, -0.2) is 15.7 Å². The van der Waals surface area contributed by atoms with Gasteiger partial charge in [-0.3, -0.25) is 19.5 Å². The van der Waals surface area contributed by atoms with E-state index in [1.165, 1.54) is 0 Å². The molecule has 0 saturated heterocycles. The number of hydrogen-bond donors (Lipinski definition) is 2. The number of nitrogens with one attached hydrogen (secondary N) is 2. The van der Waals surface area contributed by atoms with Gasteiger partial charge in [0, 0.05) is 17.1 Å². The van der Waals surface area contributed by atoms with Crippen LogP contribution in [0.1, 0.15) is 12.0 Å². The van der Waals surface area contributed by atoms with Gasteiger partial charge >= 0.3 is 0 Å². The van der Waals surface area contributed by atoms with Crippen molar-refractivity contribution in [3.05, 3.63) is 73.8 Å². The lowest BCUT2D eigenvalue weighted by Crippen LogP contribution is -2.31. The van der Waals surface area contributed by atoms with Crippen molar-refractivity contribution in [3.63, 3.8) is 0 Å². The Morgan fingerprint density at radius 1 is 1.12 bits per heavy atom. The first kappa shape index (κ1) is 17.0. The number of aromatic nitrogens is 2. The van der Waals surface area contributed by atoms with Crippen LogP contribution in [0.4, 0.5) is 5.69 Å². The van der Waals surface area contributed by atoms with Gasteiger partial charge in [-0.2, -0.15) is 0 Å². The van der Waals surface area contributed by atoms with Gasteiger partial charge in [0.2, 0.25) is 5.91 Å². The van der Waals surface area contributed by atoms with Crippen molar-refractivity contribution in [1.82, 2.24) is 9.78 Å². The molecule has 0 aliphatic carbocycles. The minimum Gasteiger partial charge on any atom is -0.326 e. The summed E-state index contributed by atoms with van der Waals surface area (Å²) in [5, 5.41) is 6.50. The van der Waals surface area contributed by atoms with E-state index in [0.29, 0.717) is 21.5 Å². The number of carbonyl (C=O) groups excluding carboxylic acids is 1. The van der Waals surface area contributed by atoms with Crippen LogP contribution in [0.25, 0.3) is 10.8 Å². The van der Waals surface area contributed by atoms with Gasteiger partial charge in [0.25, 0.3) is 11.1 Å². The highest BCUT2D eigenvalue weighted by Crippen LogP contribution is 2.22. The highest BCUT2D eigenvalue weighted by molar-refractivity contribution is 6.31. The average molecular weight is 358 g/mol. The van der Waals surface area contributed by atoms with E-state index in [1.54, 1.807) is 42.5 Å². The number of anilines is 1. The normalized spacial score (nSPS) is 10.8. The molecule has 128 valence electrons. The minimum absolute atomic E-state index is 0.0418. The maximum atomic E-state index is 12.4. The van der Waals surface area contributed by atoms with Crippen LogP contribution in [0.5, 0.6) is 0 Å². The van der Waals surface area contributed by atoms with Gasteiger partial charge in [-0.25, -0.2) is 4.68 Å². The lowest BCUT2D eigenvalue weighted by atomic mass is 10.2. The van der Waals surface area contributed by atoms with E-state index >= 15 is 0 Å². The average Bonchev–Trinajstić information content (AvgIpc) is 2.61. The molecule has 3 rings (SSSR count). The molecule has 0 radical (unpaired) electrons. The van der Waals surface area contributed by atoms with Gasteiger partial charge in [-0.05, 0) is 36.8 Å². The number of benzene rings is 2. The molecule has 0 fully saturated rings. The molecule has 2 N–H and O–H groups in total. The minimum atomic E-state index is -0.360. The van der Waals surface area contributed by atoms with Crippen molar-refractivity contribution in [2.75, 3.05) is 5.32 Å². The zero-order valence-electron chi connectivity index (χ0n) is 13.5. The van der Waals surface area contributed by atoms with Crippen molar-refractivity contribution in [1.29, 1.82) is 0 Å². The van der Waals surface area contributed by atoms with Crippen molar-refractivity contribution < 1.29 is 4.79 Å². The number of carbonyl (C=O) groups is 1. The first-order chi connectivity index (χ1) is 12.0. The number of hydrogen-bond acceptors (Lipinski definition) is 3. The quantitative estimate of drug-likeness (QED) is 0.753.